The van der Waals surface area contributed by atoms with Gasteiger partial charge in [0, 0.05) is 0 Å². The second kappa shape index (κ2) is 2.28. The molecular formula is C14H20. The van der Waals surface area contributed by atoms with E-state index in [-0.39, 0.29) is 0 Å². The van der Waals surface area contributed by atoms with Gasteiger partial charge in [-0.25, -0.2) is 0 Å². The van der Waals surface area contributed by atoms with Gasteiger partial charge >= 0.3 is 0 Å². The highest BCUT2D eigenvalue weighted by molar-refractivity contribution is 5.27. The van der Waals surface area contributed by atoms with Crippen LogP contribution in [-0.2, 0) is 0 Å². The molecule has 14 heavy (non-hydrogen) atoms. The summed E-state index contributed by atoms with van der Waals surface area (Å²) < 4.78 is 0. The third kappa shape index (κ3) is 0.677. The minimum Gasteiger partial charge on any atom is -0.0879 e. The van der Waals surface area contributed by atoms with Gasteiger partial charge in [0.1, 0.15) is 0 Å². The van der Waals surface area contributed by atoms with Crippen molar-refractivity contribution in [1.82, 2.24) is 0 Å². The zero-order valence-electron chi connectivity index (χ0n) is 9.08. The minimum atomic E-state index is 0.866. The molecule has 0 heteroatoms. The number of allylic oxidation sites excluding steroid dienone is 2. The van der Waals surface area contributed by atoms with E-state index in [4.69, 9.17) is 0 Å². The molecule has 0 radical (unpaired) electrons. The normalized spacial score (nSPS) is 62.5. The van der Waals surface area contributed by atoms with E-state index in [1.165, 1.54) is 12.8 Å². The fourth-order valence-electron chi connectivity index (χ4n) is 5.51. The summed E-state index contributed by atoms with van der Waals surface area (Å²) in [7, 11) is 0. The molecule has 4 aliphatic rings. The van der Waals surface area contributed by atoms with Crippen molar-refractivity contribution in [3.8, 4) is 0 Å². The van der Waals surface area contributed by atoms with Gasteiger partial charge in [-0.15, -0.1) is 0 Å². The first-order chi connectivity index (χ1) is 6.86. The van der Waals surface area contributed by atoms with Gasteiger partial charge in [0.25, 0.3) is 0 Å². The Morgan fingerprint density at radius 2 is 2.29 bits per heavy atom. The Hall–Kier alpha value is -0.260. The molecule has 0 N–H and O–H groups in total. The van der Waals surface area contributed by atoms with Crippen LogP contribution in [0, 0.1) is 35.0 Å². The van der Waals surface area contributed by atoms with Crippen LogP contribution in [0.15, 0.2) is 12.2 Å². The van der Waals surface area contributed by atoms with E-state index in [0.29, 0.717) is 0 Å². The van der Waals surface area contributed by atoms with Crippen LogP contribution >= 0.6 is 0 Å². The smallest absolute Gasteiger partial charge is 0.0165 e. The van der Waals surface area contributed by atoms with Gasteiger partial charge in [-0.1, -0.05) is 25.5 Å². The predicted molar refractivity (Wildman–Crippen MR) is 57.8 cm³/mol. The molecule has 76 valence electrons. The van der Waals surface area contributed by atoms with E-state index in [1.54, 1.807) is 19.3 Å². The van der Waals surface area contributed by atoms with Gasteiger partial charge in [-0.2, -0.15) is 0 Å². The molecule has 4 aliphatic carbocycles. The van der Waals surface area contributed by atoms with Crippen LogP contribution < -0.4 is 0 Å². The summed E-state index contributed by atoms with van der Waals surface area (Å²) in [5.41, 5.74) is 0.866. The Morgan fingerprint density at radius 3 is 3.14 bits per heavy atom. The molecule has 3 saturated carbocycles. The van der Waals surface area contributed by atoms with Crippen molar-refractivity contribution in [2.24, 2.45) is 35.0 Å². The maximum atomic E-state index is 2.54. The molecule has 0 aromatic carbocycles. The highest BCUT2D eigenvalue weighted by Crippen LogP contribution is 2.78. The van der Waals surface area contributed by atoms with Crippen LogP contribution in [0.3, 0.4) is 0 Å². The first-order valence-corrected chi connectivity index (χ1v) is 6.53. The van der Waals surface area contributed by atoms with Gasteiger partial charge in [-0.3, -0.25) is 0 Å². The van der Waals surface area contributed by atoms with Gasteiger partial charge in [0.05, 0.1) is 0 Å². The van der Waals surface area contributed by atoms with Crippen molar-refractivity contribution in [1.29, 1.82) is 0 Å². The molecule has 0 aromatic rings. The summed E-state index contributed by atoms with van der Waals surface area (Å²) in [6, 6.07) is 0. The Kier molecular flexibility index (Phi) is 1.30. The third-order valence-electron chi connectivity index (χ3n) is 6.10. The summed E-state index contributed by atoms with van der Waals surface area (Å²) in [6.45, 7) is 2.40. The molecule has 0 nitrogen and oxygen atoms in total. The molecule has 6 atom stereocenters. The molecule has 0 aromatic heterocycles. The number of hydrogen-bond acceptors (Lipinski definition) is 0. The molecule has 1 spiro atoms. The van der Waals surface area contributed by atoms with Gasteiger partial charge in [-0.05, 0) is 60.7 Å². The highest BCUT2D eigenvalue weighted by Gasteiger charge is 2.71. The molecular weight excluding hydrogens is 168 g/mol. The minimum absolute atomic E-state index is 0.866. The van der Waals surface area contributed by atoms with Crippen LogP contribution in [0.2, 0.25) is 0 Å². The van der Waals surface area contributed by atoms with Crippen molar-refractivity contribution in [3.05, 3.63) is 12.2 Å². The number of fused-ring (bicyclic) bond motifs is 3. The molecule has 3 fully saturated rings. The largest absolute Gasteiger partial charge is 0.0879 e. The molecule has 0 amide bonds. The van der Waals surface area contributed by atoms with E-state index in [0.717, 1.165) is 35.0 Å². The van der Waals surface area contributed by atoms with Gasteiger partial charge in [0.15, 0.2) is 0 Å². The third-order valence-corrected chi connectivity index (χ3v) is 6.10. The average molecular weight is 188 g/mol. The van der Waals surface area contributed by atoms with Crippen molar-refractivity contribution in [2.45, 2.75) is 39.0 Å². The maximum Gasteiger partial charge on any atom is -0.0165 e. The zero-order chi connectivity index (χ0) is 9.34. The fourth-order valence-corrected chi connectivity index (χ4v) is 5.51. The lowest BCUT2D eigenvalue weighted by Crippen LogP contribution is -2.31. The van der Waals surface area contributed by atoms with E-state index >= 15 is 0 Å². The van der Waals surface area contributed by atoms with Crippen LogP contribution in [-0.4, -0.2) is 0 Å². The summed E-state index contributed by atoms with van der Waals surface area (Å²) in [5.74, 6) is 5.50. The summed E-state index contributed by atoms with van der Waals surface area (Å²) in [6.07, 6.45) is 12.7. The van der Waals surface area contributed by atoms with Crippen LogP contribution in [0.25, 0.3) is 0 Å². The molecule has 0 heterocycles. The topological polar surface area (TPSA) is 0 Å². The standard InChI is InChI=1S/C14H20/c1-2-9-6-11-7-12(9)13-5-3-4-10-8-14(10,11)13/h3-4,9-13H,2,5-8H2,1H3. The maximum absolute atomic E-state index is 2.54. The lowest BCUT2D eigenvalue weighted by Gasteiger charge is -2.38. The van der Waals surface area contributed by atoms with E-state index in [2.05, 4.69) is 19.1 Å². The first kappa shape index (κ1) is 7.96. The van der Waals surface area contributed by atoms with Crippen LogP contribution in [0.1, 0.15) is 39.0 Å². The zero-order valence-corrected chi connectivity index (χ0v) is 9.08. The highest BCUT2D eigenvalue weighted by atomic mass is 14.7. The Labute approximate surface area is 86.8 Å². The van der Waals surface area contributed by atoms with E-state index < -0.39 is 0 Å². The molecule has 2 bridgehead atoms. The van der Waals surface area contributed by atoms with E-state index in [9.17, 15) is 0 Å². The molecule has 0 saturated heterocycles. The average Bonchev–Trinajstić information content (AvgIpc) is 2.69. The summed E-state index contributed by atoms with van der Waals surface area (Å²) >= 11 is 0. The van der Waals surface area contributed by atoms with Crippen molar-refractivity contribution < 1.29 is 0 Å². The van der Waals surface area contributed by atoms with Crippen molar-refractivity contribution in [3.63, 3.8) is 0 Å². The molecule has 6 unspecified atom stereocenters. The summed E-state index contributed by atoms with van der Waals surface area (Å²) in [4.78, 5) is 0. The van der Waals surface area contributed by atoms with Crippen LogP contribution in [0.4, 0.5) is 0 Å². The lowest BCUT2D eigenvalue weighted by molar-refractivity contribution is 0.127. The molecule has 0 aliphatic heterocycles. The first-order valence-electron chi connectivity index (χ1n) is 6.53. The van der Waals surface area contributed by atoms with Crippen LogP contribution in [0.5, 0.6) is 0 Å². The van der Waals surface area contributed by atoms with Gasteiger partial charge in [0.2, 0.25) is 0 Å². The number of rotatable bonds is 1. The van der Waals surface area contributed by atoms with Crippen molar-refractivity contribution in [2.75, 3.05) is 0 Å². The monoisotopic (exact) mass is 188 g/mol. The van der Waals surface area contributed by atoms with E-state index in [1.807, 2.05) is 0 Å². The SMILES string of the molecule is CCC1CC2CC1C1CC=CC3CC321. The quantitative estimate of drug-likeness (QED) is 0.551. The van der Waals surface area contributed by atoms with Crippen molar-refractivity contribution >= 4 is 0 Å². The second-order valence-electron chi connectivity index (χ2n) is 6.19. The Bertz CT molecular complexity index is 303. The Morgan fingerprint density at radius 1 is 1.36 bits per heavy atom. The van der Waals surface area contributed by atoms with Gasteiger partial charge < -0.3 is 0 Å². The molecule has 4 rings (SSSR count). The Balaban J connectivity index is 1.73. The second-order valence-corrected chi connectivity index (χ2v) is 6.19. The summed E-state index contributed by atoms with van der Waals surface area (Å²) in [5, 5.41) is 0. The lowest BCUT2D eigenvalue weighted by atomic mass is 9.67. The fraction of sp³-hybridized carbons (Fsp3) is 0.857. The number of hydrogen-bond donors (Lipinski definition) is 0. The predicted octanol–water partition coefficient (Wildman–Crippen LogP) is 3.63.